The van der Waals surface area contributed by atoms with Crippen LogP contribution < -0.4 is 10.1 Å². The van der Waals surface area contributed by atoms with Gasteiger partial charge in [-0.25, -0.2) is 9.59 Å². The highest BCUT2D eigenvalue weighted by molar-refractivity contribution is 6.06. The van der Waals surface area contributed by atoms with E-state index in [0.717, 1.165) is 10.9 Å². The second-order valence-corrected chi connectivity index (χ2v) is 6.77. The van der Waals surface area contributed by atoms with Crippen LogP contribution in [0.4, 0.5) is 0 Å². The Hall–Kier alpha value is -3.87. The summed E-state index contributed by atoms with van der Waals surface area (Å²) in [5, 5.41) is 3.99. The average molecular weight is 421 g/mol. The number of carbonyl (C=O) groups excluding carboxylic acids is 3. The molecule has 7 heteroatoms. The lowest BCUT2D eigenvalue weighted by Crippen LogP contribution is -2.44. The summed E-state index contributed by atoms with van der Waals surface area (Å²) in [6.45, 7) is -0.526. The molecule has 0 spiro atoms. The third kappa shape index (κ3) is 5.39. The molecule has 7 nitrogen and oxygen atoms in total. The maximum Gasteiger partial charge on any atom is 0.339 e. The fourth-order valence-corrected chi connectivity index (χ4v) is 3.26. The summed E-state index contributed by atoms with van der Waals surface area (Å²) >= 11 is 0. The standard InChI is InChI=1S/C24H23NO6/c1-29-21-13-12-19(17-10-6-7-11-18(17)21)23(27)31-15-22(26)25-20(24(28)30-2)14-16-8-4-3-5-9-16/h3-13,20H,14-15H2,1-2H3,(H,25,26)/t20-/m0/s1. The van der Waals surface area contributed by atoms with Crippen LogP contribution in [0.1, 0.15) is 15.9 Å². The molecule has 0 radical (unpaired) electrons. The van der Waals surface area contributed by atoms with Crippen molar-refractivity contribution < 1.29 is 28.6 Å². The Morgan fingerprint density at radius 3 is 2.23 bits per heavy atom. The topological polar surface area (TPSA) is 90.9 Å². The van der Waals surface area contributed by atoms with Gasteiger partial charge in [-0.1, -0.05) is 54.6 Å². The maximum atomic E-state index is 12.6. The van der Waals surface area contributed by atoms with Gasteiger partial charge < -0.3 is 19.5 Å². The molecule has 31 heavy (non-hydrogen) atoms. The van der Waals surface area contributed by atoms with E-state index in [1.54, 1.807) is 31.4 Å². The molecular formula is C24H23NO6. The quantitative estimate of drug-likeness (QED) is 0.563. The normalized spacial score (nSPS) is 11.4. The summed E-state index contributed by atoms with van der Waals surface area (Å²) < 4.78 is 15.3. The summed E-state index contributed by atoms with van der Waals surface area (Å²) in [4.78, 5) is 37.0. The molecule has 0 aliphatic heterocycles. The number of benzene rings is 3. The van der Waals surface area contributed by atoms with E-state index in [1.807, 2.05) is 42.5 Å². The first-order chi connectivity index (χ1) is 15.0. The van der Waals surface area contributed by atoms with Gasteiger partial charge in [-0.15, -0.1) is 0 Å². The molecule has 0 aliphatic rings. The molecule has 0 heterocycles. The second kappa shape index (κ2) is 10.2. The maximum absolute atomic E-state index is 12.6. The number of nitrogens with one attached hydrogen (secondary N) is 1. The Morgan fingerprint density at radius 1 is 0.871 bits per heavy atom. The van der Waals surface area contributed by atoms with Crippen LogP contribution in [0.3, 0.4) is 0 Å². The first-order valence-electron chi connectivity index (χ1n) is 9.67. The zero-order valence-corrected chi connectivity index (χ0v) is 17.3. The van der Waals surface area contributed by atoms with Crippen molar-refractivity contribution in [3.63, 3.8) is 0 Å². The number of fused-ring (bicyclic) bond motifs is 1. The van der Waals surface area contributed by atoms with E-state index in [9.17, 15) is 14.4 Å². The Balaban J connectivity index is 1.66. The fraction of sp³-hybridized carbons (Fsp3) is 0.208. The van der Waals surface area contributed by atoms with E-state index in [1.165, 1.54) is 7.11 Å². The summed E-state index contributed by atoms with van der Waals surface area (Å²) in [5.74, 6) is -1.19. The highest BCUT2D eigenvalue weighted by atomic mass is 16.5. The summed E-state index contributed by atoms with van der Waals surface area (Å²) in [5.41, 5.74) is 1.18. The number of ether oxygens (including phenoxy) is 3. The fourth-order valence-electron chi connectivity index (χ4n) is 3.26. The molecule has 0 unspecified atom stereocenters. The summed E-state index contributed by atoms with van der Waals surface area (Å²) in [7, 11) is 2.80. The number of amides is 1. The van der Waals surface area contributed by atoms with Gasteiger partial charge in [0.05, 0.1) is 19.8 Å². The number of rotatable bonds is 8. The molecule has 0 saturated heterocycles. The monoisotopic (exact) mass is 421 g/mol. The summed E-state index contributed by atoms with van der Waals surface area (Å²) in [6.07, 6.45) is 0.260. The smallest absolute Gasteiger partial charge is 0.339 e. The van der Waals surface area contributed by atoms with Crippen molar-refractivity contribution in [2.75, 3.05) is 20.8 Å². The molecule has 1 N–H and O–H groups in total. The highest BCUT2D eigenvalue weighted by Crippen LogP contribution is 2.28. The van der Waals surface area contributed by atoms with Gasteiger partial charge >= 0.3 is 11.9 Å². The molecule has 0 saturated carbocycles. The van der Waals surface area contributed by atoms with Crippen LogP contribution in [-0.2, 0) is 25.5 Å². The van der Waals surface area contributed by atoms with E-state index in [4.69, 9.17) is 14.2 Å². The Morgan fingerprint density at radius 2 is 1.55 bits per heavy atom. The Kier molecular flexibility index (Phi) is 7.22. The minimum Gasteiger partial charge on any atom is -0.496 e. The molecule has 0 aromatic heterocycles. The van der Waals surface area contributed by atoms with E-state index >= 15 is 0 Å². The lowest BCUT2D eigenvalue weighted by molar-refractivity contribution is -0.145. The van der Waals surface area contributed by atoms with Gasteiger partial charge in [0.15, 0.2) is 6.61 Å². The van der Waals surface area contributed by atoms with Gasteiger partial charge in [-0.05, 0) is 23.1 Å². The minimum absolute atomic E-state index is 0.260. The van der Waals surface area contributed by atoms with Crippen LogP contribution in [-0.4, -0.2) is 44.7 Å². The molecule has 3 aromatic rings. The number of hydrogen-bond donors (Lipinski definition) is 1. The zero-order valence-electron chi connectivity index (χ0n) is 17.3. The van der Waals surface area contributed by atoms with Crippen molar-refractivity contribution in [1.29, 1.82) is 0 Å². The van der Waals surface area contributed by atoms with E-state index in [0.29, 0.717) is 16.7 Å². The van der Waals surface area contributed by atoms with Crippen molar-refractivity contribution >= 4 is 28.6 Å². The van der Waals surface area contributed by atoms with Gasteiger partial charge in [0.1, 0.15) is 11.8 Å². The first kappa shape index (κ1) is 21.8. The van der Waals surface area contributed by atoms with Crippen LogP contribution in [0.2, 0.25) is 0 Å². The van der Waals surface area contributed by atoms with Gasteiger partial charge in [0.2, 0.25) is 0 Å². The number of carbonyl (C=O) groups is 3. The highest BCUT2D eigenvalue weighted by Gasteiger charge is 2.23. The molecule has 0 aliphatic carbocycles. The molecular weight excluding hydrogens is 398 g/mol. The van der Waals surface area contributed by atoms with Gasteiger partial charge in [-0.3, -0.25) is 4.79 Å². The van der Waals surface area contributed by atoms with E-state index < -0.39 is 30.5 Å². The van der Waals surface area contributed by atoms with Crippen LogP contribution in [0.15, 0.2) is 66.7 Å². The van der Waals surface area contributed by atoms with Crippen molar-refractivity contribution in [2.24, 2.45) is 0 Å². The molecule has 0 bridgehead atoms. The van der Waals surface area contributed by atoms with Crippen molar-refractivity contribution in [1.82, 2.24) is 5.32 Å². The SMILES string of the molecule is COC(=O)[C@H](Cc1ccccc1)NC(=O)COC(=O)c1ccc(OC)c2ccccc12. The third-order valence-electron chi connectivity index (χ3n) is 4.76. The van der Waals surface area contributed by atoms with E-state index in [-0.39, 0.29) is 6.42 Å². The predicted octanol–water partition coefficient (Wildman–Crippen LogP) is 2.91. The lowest BCUT2D eigenvalue weighted by atomic mass is 10.0. The van der Waals surface area contributed by atoms with Gasteiger partial charge in [0.25, 0.3) is 5.91 Å². The van der Waals surface area contributed by atoms with Crippen molar-refractivity contribution in [2.45, 2.75) is 12.5 Å². The van der Waals surface area contributed by atoms with Crippen molar-refractivity contribution in [3.05, 3.63) is 77.9 Å². The summed E-state index contributed by atoms with van der Waals surface area (Å²) in [6, 6.07) is 18.9. The Bertz CT molecular complexity index is 1080. The first-order valence-corrected chi connectivity index (χ1v) is 9.67. The van der Waals surface area contributed by atoms with Crippen molar-refractivity contribution in [3.8, 4) is 5.75 Å². The molecule has 3 rings (SSSR count). The molecule has 1 amide bonds. The van der Waals surface area contributed by atoms with Gasteiger partial charge in [-0.2, -0.15) is 0 Å². The van der Waals surface area contributed by atoms with Crippen LogP contribution in [0.25, 0.3) is 10.8 Å². The third-order valence-corrected chi connectivity index (χ3v) is 4.76. The Labute approximate surface area is 179 Å². The average Bonchev–Trinajstić information content (AvgIpc) is 2.81. The number of hydrogen-bond acceptors (Lipinski definition) is 6. The second-order valence-electron chi connectivity index (χ2n) is 6.77. The molecule has 1 atom stereocenters. The number of esters is 2. The van der Waals surface area contributed by atoms with Crippen LogP contribution in [0.5, 0.6) is 5.75 Å². The lowest BCUT2D eigenvalue weighted by Gasteiger charge is -2.17. The van der Waals surface area contributed by atoms with Gasteiger partial charge in [0, 0.05) is 11.8 Å². The largest absolute Gasteiger partial charge is 0.496 e. The molecule has 160 valence electrons. The zero-order chi connectivity index (χ0) is 22.2. The van der Waals surface area contributed by atoms with Crippen LogP contribution in [0, 0.1) is 0 Å². The number of methoxy groups -OCH3 is 2. The van der Waals surface area contributed by atoms with E-state index in [2.05, 4.69) is 5.32 Å². The predicted molar refractivity (Wildman–Crippen MR) is 115 cm³/mol. The minimum atomic E-state index is -0.889. The molecule has 0 fully saturated rings. The van der Waals surface area contributed by atoms with Crippen LogP contribution >= 0.6 is 0 Å². The molecule has 3 aromatic carbocycles.